The standard InChI is InChI=1S/C14H15N3O.C3H4.C2H6/c1-3-5-12(4-2)16-14(18)17-13-8-6-11(10-15)7-9-13;1-3-2;1-2/h3-9H,1-2H3,(H2,16,17,18);1H,2H3;1-2H3/b5-3-,12-4+;;. The lowest BCUT2D eigenvalue weighted by Gasteiger charge is -2.07. The number of anilines is 1. The summed E-state index contributed by atoms with van der Waals surface area (Å²) in [7, 11) is 0. The van der Waals surface area contributed by atoms with Crippen LogP contribution in [0.25, 0.3) is 0 Å². The van der Waals surface area contributed by atoms with Crippen LogP contribution in [0.15, 0.2) is 48.2 Å². The summed E-state index contributed by atoms with van der Waals surface area (Å²) in [5.74, 6) is 2.25. The van der Waals surface area contributed by atoms with E-state index in [1.165, 1.54) is 0 Å². The Balaban J connectivity index is 0. The predicted octanol–water partition coefficient (Wildman–Crippen LogP) is 4.83. The van der Waals surface area contributed by atoms with E-state index in [4.69, 9.17) is 5.26 Å². The largest absolute Gasteiger partial charge is 0.323 e. The Bertz CT molecular complexity index is 585. The predicted molar refractivity (Wildman–Crippen MR) is 97.7 cm³/mol. The molecule has 0 heterocycles. The van der Waals surface area contributed by atoms with Gasteiger partial charge in [0, 0.05) is 11.4 Å². The Morgan fingerprint density at radius 1 is 1.22 bits per heavy atom. The molecule has 0 aliphatic carbocycles. The highest BCUT2D eigenvalue weighted by Crippen LogP contribution is 2.08. The highest BCUT2D eigenvalue weighted by atomic mass is 16.2. The van der Waals surface area contributed by atoms with Gasteiger partial charge in [0.1, 0.15) is 0 Å². The van der Waals surface area contributed by atoms with Gasteiger partial charge in [-0.2, -0.15) is 5.26 Å². The van der Waals surface area contributed by atoms with Gasteiger partial charge in [0.05, 0.1) is 11.6 Å². The molecule has 0 saturated heterocycles. The second-order valence-corrected chi connectivity index (χ2v) is 3.80. The molecule has 4 heteroatoms. The van der Waals surface area contributed by atoms with Crippen LogP contribution in [0.4, 0.5) is 10.5 Å². The second kappa shape index (κ2) is 15.4. The molecule has 0 aliphatic rings. The molecule has 0 unspecified atom stereocenters. The van der Waals surface area contributed by atoms with Gasteiger partial charge < -0.3 is 10.6 Å². The first-order valence-electron chi connectivity index (χ1n) is 7.35. The van der Waals surface area contributed by atoms with Gasteiger partial charge in [0.15, 0.2) is 0 Å². The molecule has 122 valence electrons. The quantitative estimate of drug-likeness (QED) is 0.620. The molecule has 0 saturated carbocycles. The summed E-state index contributed by atoms with van der Waals surface area (Å²) in [6.45, 7) is 9.38. The minimum Gasteiger partial charge on any atom is -0.308 e. The maximum absolute atomic E-state index is 11.6. The molecule has 0 spiro atoms. The van der Waals surface area contributed by atoms with Gasteiger partial charge in [-0.3, -0.25) is 0 Å². The first-order chi connectivity index (χ1) is 11.1. The van der Waals surface area contributed by atoms with Gasteiger partial charge in [-0.05, 0) is 51.1 Å². The fraction of sp³-hybridized carbons (Fsp3) is 0.263. The molecule has 0 aromatic heterocycles. The molecule has 0 radical (unpaired) electrons. The van der Waals surface area contributed by atoms with Crippen molar-refractivity contribution in [3.63, 3.8) is 0 Å². The highest BCUT2D eigenvalue weighted by Gasteiger charge is 2.02. The number of benzene rings is 1. The minimum absolute atomic E-state index is 0.314. The van der Waals surface area contributed by atoms with Crippen LogP contribution in [0.2, 0.25) is 0 Å². The summed E-state index contributed by atoms with van der Waals surface area (Å²) < 4.78 is 0. The number of terminal acetylenes is 1. The third-order valence-corrected chi connectivity index (χ3v) is 2.19. The van der Waals surface area contributed by atoms with Crippen molar-refractivity contribution in [2.45, 2.75) is 34.6 Å². The van der Waals surface area contributed by atoms with E-state index in [1.54, 1.807) is 43.3 Å². The van der Waals surface area contributed by atoms with E-state index in [9.17, 15) is 4.79 Å². The summed E-state index contributed by atoms with van der Waals surface area (Å²) in [6.07, 6.45) is 10.0. The third-order valence-electron chi connectivity index (χ3n) is 2.19. The Labute approximate surface area is 139 Å². The second-order valence-electron chi connectivity index (χ2n) is 3.80. The highest BCUT2D eigenvalue weighted by molar-refractivity contribution is 5.90. The number of hydrogen-bond donors (Lipinski definition) is 2. The smallest absolute Gasteiger partial charge is 0.308 e. The van der Waals surface area contributed by atoms with Crippen molar-refractivity contribution < 1.29 is 4.79 Å². The molecule has 4 nitrogen and oxygen atoms in total. The average Bonchev–Trinajstić information content (AvgIpc) is 2.57. The van der Waals surface area contributed by atoms with E-state index in [2.05, 4.69) is 23.0 Å². The maximum atomic E-state index is 11.6. The van der Waals surface area contributed by atoms with Gasteiger partial charge in [0.2, 0.25) is 0 Å². The van der Waals surface area contributed by atoms with Crippen LogP contribution in [-0.4, -0.2) is 6.03 Å². The molecule has 0 bridgehead atoms. The summed E-state index contributed by atoms with van der Waals surface area (Å²) in [5, 5.41) is 14.0. The molecule has 0 atom stereocenters. The van der Waals surface area contributed by atoms with E-state index >= 15 is 0 Å². The van der Waals surface area contributed by atoms with Crippen LogP contribution in [0.1, 0.15) is 40.2 Å². The summed E-state index contributed by atoms with van der Waals surface area (Å²) in [4.78, 5) is 11.6. The number of nitrogens with zero attached hydrogens (tertiary/aromatic N) is 1. The number of hydrogen-bond acceptors (Lipinski definition) is 2. The number of carbonyl (C=O) groups is 1. The number of urea groups is 1. The van der Waals surface area contributed by atoms with E-state index in [0.717, 1.165) is 5.70 Å². The van der Waals surface area contributed by atoms with Crippen LogP contribution < -0.4 is 10.6 Å². The SMILES string of the molecule is C#CC.C/C=C\C(=C/C)NC(=O)Nc1ccc(C#N)cc1.CC. The Hall–Kier alpha value is -2.98. The van der Waals surface area contributed by atoms with Crippen LogP contribution in [-0.2, 0) is 0 Å². The molecule has 1 rings (SSSR count). The van der Waals surface area contributed by atoms with Gasteiger partial charge in [-0.15, -0.1) is 12.3 Å². The summed E-state index contributed by atoms with van der Waals surface area (Å²) in [5.41, 5.74) is 1.93. The van der Waals surface area contributed by atoms with Gasteiger partial charge >= 0.3 is 6.03 Å². The zero-order valence-corrected chi connectivity index (χ0v) is 14.5. The first kappa shape index (κ1) is 22.3. The monoisotopic (exact) mass is 311 g/mol. The molecular formula is C19H25N3O. The molecule has 2 N–H and O–H groups in total. The van der Waals surface area contributed by atoms with Crippen molar-refractivity contribution in [3.05, 3.63) is 53.8 Å². The van der Waals surface area contributed by atoms with Crippen molar-refractivity contribution in [1.29, 1.82) is 5.26 Å². The van der Waals surface area contributed by atoms with Gasteiger partial charge in [-0.1, -0.05) is 26.0 Å². The molecule has 2 amide bonds. The fourth-order valence-corrected chi connectivity index (χ4v) is 1.31. The van der Waals surface area contributed by atoms with Gasteiger partial charge in [-0.25, -0.2) is 4.79 Å². The number of carbonyl (C=O) groups excluding carboxylic acids is 1. The van der Waals surface area contributed by atoms with Gasteiger partial charge in [0.25, 0.3) is 0 Å². The van der Waals surface area contributed by atoms with Crippen molar-refractivity contribution >= 4 is 11.7 Å². The Kier molecular flexibility index (Phi) is 14.9. The number of rotatable bonds is 3. The number of allylic oxidation sites excluding steroid dienone is 3. The molecule has 0 fully saturated rings. The zero-order valence-electron chi connectivity index (χ0n) is 14.5. The maximum Gasteiger partial charge on any atom is 0.323 e. The average molecular weight is 311 g/mol. The van der Waals surface area contributed by atoms with Crippen molar-refractivity contribution in [3.8, 4) is 18.4 Å². The molecule has 1 aromatic rings. The molecular weight excluding hydrogens is 286 g/mol. The Morgan fingerprint density at radius 2 is 1.74 bits per heavy atom. The third kappa shape index (κ3) is 11.4. The lowest BCUT2D eigenvalue weighted by atomic mass is 10.2. The van der Waals surface area contributed by atoms with E-state index < -0.39 is 0 Å². The molecule has 0 aliphatic heterocycles. The number of nitriles is 1. The zero-order chi connectivity index (χ0) is 18.1. The lowest BCUT2D eigenvalue weighted by molar-refractivity contribution is 0.254. The first-order valence-corrected chi connectivity index (χ1v) is 7.35. The fourth-order valence-electron chi connectivity index (χ4n) is 1.31. The van der Waals surface area contributed by atoms with E-state index in [1.807, 2.05) is 39.8 Å². The Morgan fingerprint density at radius 3 is 2.13 bits per heavy atom. The minimum atomic E-state index is -0.314. The van der Waals surface area contributed by atoms with Crippen molar-refractivity contribution in [1.82, 2.24) is 5.32 Å². The van der Waals surface area contributed by atoms with E-state index in [-0.39, 0.29) is 6.03 Å². The van der Waals surface area contributed by atoms with Crippen LogP contribution in [0.5, 0.6) is 0 Å². The van der Waals surface area contributed by atoms with E-state index in [0.29, 0.717) is 11.3 Å². The topological polar surface area (TPSA) is 64.9 Å². The lowest BCUT2D eigenvalue weighted by Crippen LogP contribution is -2.27. The summed E-state index contributed by atoms with van der Waals surface area (Å²) in [6, 6.07) is 8.37. The number of amides is 2. The molecule has 1 aromatic carbocycles. The normalized spacial score (nSPS) is 9.26. The van der Waals surface area contributed by atoms with Crippen LogP contribution >= 0.6 is 0 Å². The summed E-state index contributed by atoms with van der Waals surface area (Å²) >= 11 is 0. The number of nitrogens with one attached hydrogen (secondary N) is 2. The van der Waals surface area contributed by atoms with Crippen molar-refractivity contribution in [2.75, 3.05) is 5.32 Å². The van der Waals surface area contributed by atoms with Crippen molar-refractivity contribution in [2.24, 2.45) is 0 Å². The molecule has 23 heavy (non-hydrogen) atoms. The van der Waals surface area contributed by atoms with Crippen LogP contribution in [0, 0.1) is 23.7 Å². The van der Waals surface area contributed by atoms with Crippen LogP contribution in [0.3, 0.4) is 0 Å².